The molecule has 0 aliphatic carbocycles. The fourth-order valence-electron chi connectivity index (χ4n) is 1.95. The van der Waals surface area contributed by atoms with Crippen molar-refractivity contribution in [1.29, 1.82) is 0 Å². The quantitative estimate of drug-likeness (QED) is 0.583. The van der Waals surface area contributed by atoms with Gasteiger partial charge in [-0.15, -0.1) is 11.6 Å². The van der Waals surface area contributed by atoms with Crippen LogP contribution in [0.5, 0.6) is 0 Å². The van der Waals surface area contributed by atoms with Crippen LogP contribution in [-0.4, -0.2) is 36.5 Å². The minimum Gasteiger partial charge on any atom is -0.382 e. The van der Waals surface area contributed by atoms with Crippen LogP contribution < -0.4 is 0 Å². The van der Waals surface area contributed by atoms with Crippen molar-refractivity contribution in [3.05, 3.63) is 29.6 Å². The van der Waals surface area contributed by atoms with Crippen molar-refractivity contribution in [3.63, 3.8) is 0 Å². The van der Waals surface area contributed by atoms with E-state index < -0.39 is 11.6 Å². The first-order valence-electron chi connectivity index (χ1n) is 6.14. The Hall–Kier alpha value is -1.24. The normalized spacial score (nSPS) is 11.4. The predicted octanol–water partition coefficient (Wildman–Crippen LogP) is 2.72. The maximum absolute atomic E-state index is 13.7. The summed E-state index contributed by atoms with van der Waals surface area (Å²) < 4.78 is 38.9. The molecule has 0 atom stereocenters. The van der Waals surface area contributed by atoms with Crippen molar-refractivity contribution >= 4 is 22.6 Å². The molecule has 0 N–H and O–H groups in total. The Kier molecular flexibility index (Phi) is 5.28. The van der Waals surface area contributed by atoms with Gasteiger partial charge < -0.3 is 14.0 Å². The molecule has 2 aromatic rings. The molecule has 4 nitrogen and oxygen atoms in total. The van der Waals surface area contributed by atoms with Crippen LogP contribution in [0.25, 0.3) is 11.0 Å². The van der Waals surface area contributed by atoms with E-state index in [0.29, 0.717) is 37.7 Å². The molecule has 0 bridgehead atoms. The summed E-state index contributed by atoms with van der Waals surface area (Å²) in [5, 5.41) is 0. The third-order valence-electron chi connectivity index (χ3n) is 2.86. The summed E-state index contributed by atoms with van der Waals surface area (Å²) in [6.07, 6.45) is 0. The first-order valence-corrected chi connectivity index (χ1v) is 6.67. The molecule has 7 heteroatoms. The van der Waals surface area contributed by atoms with E-state index in [1.54, 1.807) is 11.7 Å². The number of methoxy groups -OCH3 is 1. The number of imidazole rings is 1. The predicted molar refractivity (Wildman–Crippen MR) is 71.9 cm³/mol. The van der Waals surface area contributed by atoms with Gasteiger partial charge in [0.05, 0.1) is 31.2 Å². The topological polar surface area (TPSA) is 36.3 Å². The largest absolute Gasteiger partial charge is 0.382 e. The summed E-state index contributed by atoms with van der Waals surface area (Å²) >= 11 is 5.80. The first kappa shape index (κ1) is 15.2. The van der Waals surface area contributed by atoms with Crippen LogP contribution in [0.2, 0.25) is 0 Å². The van der Waals surface area contributed by atoms with Crippen molar-refractivity contribution in [2.45, 2.75) is 12.4 Å². The standard InChI is InChI=1S/C13H15ClF2N2O2/c1-19-4-5-20-3-2-18-11-7-9(15)6-10(16)13(11)17-12(18)8-14/h6-7H,2-5,8H2,1H3. The fourth-order valence-corrected chi connectivity index (χ4v) is 2.15. The highest BCUT2D eigenvalue weighted by atomic mass is 35.5. The number of ether oxygens (including phenoxy) is 2. The maximum Gasteiger partial charge on any atom is 0.153 e. The minimum atomic E-state index is -0.689. The Bertz CT molecular complexity index is 589. The van der Waals surface area contributed by atoms with Crippen LogP contribution in [-0.2, 0) is 21.9 Å². The molecule has 0 saturated heterocycles. The summed E-state index contributed by atoms with van der Waals surface area (Å²) in [4.78, 5) is 4.10. The molecule has 1 heterocycles. The summed E-state index contributed by atoms with van der Waals surface area (Å²) in [7, 11) is 1.59. The second-order valence-electron chi connectivity index (χ2n) is 4.17. The van der Waals surface area contributed by atoms with Crippen LogP contribution >= 0.6 is 11.6 Å². The minimum absolute atomic E-state index is 0.119. The van der Waals surface area contributed by atoms with E-state index in [0.717, 1.165) is 6.07 Å². The Morgan fingerprint density at radius 2 is 2.05 bits per heavy atom. The molecular formula is C13H15ClF2N2O2. The Morgan fingerprint density at radius 3 is 2.75 bits per heavy atom. The van der Waals surface area contributed by atoms with Crippen molar-refractivity contribution in [1.82, 2.24) is 9.55 Å². The lowest BCUT2D eigenvalue weighted by molar-refractivity contribution is 0.0667. The molecule has 0 aliphatic rings. The number of benzene rings is 1. The molecule has 20 heavy (non-hydrogen) atoms. The van der Waals surface area contributed by atoms with Crippen molar-refractivity contribution in [2.24, 2.45) is 0 Å². The lowest BCUT2D eigenvalue weighted by atomic mass is 10.3. The van der Waals surface area contributed by atoms with E-state index >= 15 is 0 Å². The number of nitrogens with zero attached hydrogens (tertiary/aromatic N) is 2. The van der Waals surface area contributed by atoms with Gasteiger partial charge in [-0.2, -0.15) is 0 Å². The van der Waals surface area contributed by atoms with Gasteiger partial charge in [0.2, 0.25) is 0 Å². The molecule has 0 saturated carbocycles. The van der Waals surface area contributed by atoms with Crippen LogP contribution in [0.4, 0.5) is 8.78 Å². The monoisotopic (exact) mass is 304 g/mol. The molecule has 0 spiro atoms. The van der Waals surface area contributed by atoms with Gasteiger partial charge in [-0.05, 0) is 6.07 Å². The average Bonchev–Trinajstić information content (AvgIpc) is 2.77. The Labute approximate surface area is 120 Å². The highest BCUT2D eigenvalue weighted by molar-refractivity contribution is 6.16. The number of alkyl halides is 1. The third-order valence-corrected chi connectivity index (χ3v) is 3.10. The van der Waals surface area contributed by atoms with E-state index in [9.17, 15) is 8.78 Å². The van der Waals surface area contributed by atoms with Crippen molar-refractivity contribution < 1.29 is 18.3 Å². The molecule has 0 aliphatic heterocycles. The zero-order valence-corrected chi connectivity index (χ0v) is 11.8. The van der Waals surface area contributed by atoms with Gasteiger partial charge in [-0.3, -0.25) is 0 Å². The number of rotatable bonds is 7. The zero-order valence-electron chi connectivity index (χ0n) is 11.0. The molecule has 0 fully saturated rings. The lowest BCUT2D eigenvalue weighted by Gasteiger charge is -2.08. The summed E-state index contributed by atoms with van der Waals surface area (Å²) in [6.45, 7) is 1.76. The highest BCUT2D eigenvalue weighted by Crippen LogP contribution is 2.21. The molecular weight excluding hydrogens is 290 g/mol. The molecule has 2 rings (SSSR count). The maximum atomic E-state index is 13.7. The third kappa shape index (κ3) is 3.26. The van der Waals surface area contributed by atoms with Gasteiger partial charge >= 0.3 is 0 Å². The SMILES string of the molecule is COCCOCCn1c(CCl)nc2c(F)cc(F)cc21. The van der Waals surface area contributed by atoms with Crippen molar-refractivity contribution in [3.8, 4) is 0 Å². The lowest BCUT2D eigenvalue weighted by Crippen LogP contribution is -2.11. The van der Waals surface area contributed by atoms with Crippen LogP contribution in [0.1, 0.15) is 5.82 Å². The second kappa shape index (κ2) is 6.97. The number of halogens is 3. The summed E-state index contributed by atoms with van der Waals surface area (Å²) in [6, 6.07) is 2.06. The highest BCUT2D eigenvalue weighted by Gasteiger charge is 2.14. The van der Waals surface area contributed by atoms with Gasteiger partial charge in [0.1, 0.15) is 17.2 Å². The fraction of sp³-hybridized carbons (Fsp3) is 0.462. The van der Waals surface area contributed by atoms with E-state index in [-0.39, 0.29) is 11.4 Å². The van der Waals surface area contributed by atoms with Crippen molar-refractivity contribution in [2.75, 3.05) is 26.9 Å². The van der Waals surface area contributed by atoms with Gasteiger partial charge in [0.15, 0.2) is 5.82 Å². The van der Waals surface area contributed by atoms with Gasteiger partial charge in [-0.25, -0.2) is 13.8 Å². The average molecular weight is 305 g/mol. The van der Waals surface area contributed by atoms with Gasteiger partial charge in [0.25, 0.3) is 0 Å². The summed E-state index contributed by atoms with van der Waals surface area (Å²) in [5.74, 6) is -0.724. The smallest absolute Gasteiger partial charge is 0.153 e. The van der Waals surface area contributed by atoms with Crippen LogP contribution in [0.3, 0.4) is 0 Å². The summed E-state index contributed by atoms with van der Waals surface area (Å²) in [5.41, 5.74) is 0.507. The number of aromatic nitrogens is 2. The first-order chi connectivity index (χ1) is 9.67. The molecule has 1 aromatic heterocycles. The van der Waals surface area contributed by atoms with Gasteiger partial charge in [-0.1, -0.05) is 0 Å². The van der Waals surface area contributed by atoms with Crippen LogP contribution in [0.15, 0.2) is 12.1 Å². The molecule has 0 unspecified atom stereocenters. The second-order valence-corrected chi connectivity index (χ2v) is 4.44. The van der Waals surface area contributed by atoms with E-state index in [1.807, 2.05) is 0 Å². The molecule has 0 radical (unpaired) electrons. The number of hydrogen-bond donors (Lipinski definition) is 0. The molecule has 110 valence electrons. The van der Waals surface area contributed by atoms with E-state index in [2.05, 4.69) is 4.98 Å². The number of fused-ring (bicyclic) bond motifs is 1. The zero-order chi connectivity index (χ0) is 14.5. The molecule has 0 amide bonds. The van der Waals surface area contributed by atoms with Gasteiger partial charge in [0, 0.05) is 19.7 Å². The Balaban J connectivity index is 2.21. The number of hydrogen-bond acceptors (Lipinski definition) is 3. The molecule has 1 aromatic carbocycles. The Morgan fingerprint density at radius 1 is 1.25 bits per heavy atom. The van der Waals surface area contributed by atoms with E-state index in [1.165, 1.54) is 6.07 Å². The van der Waals surface area contributed by atoms with Crippen LogP contribution in [0, 0.1) is 11.6 Å². The van der Waals surface area contributed by atoms with E-state index in [4.69, 9.17) is 21.1 Å².